The van der Waals surface area contributed by atoms with Crippen molar-refractivity contribution in [1.29, 1.82) is 5.26 Å². The van der Waals surface area contributed by atoms with Crippen LogP contribution in [-0.4, -0.2) is 25.5 Å². The van der Waals surface area contributed by atoms with E-state index in [1.807, 2.05) is 18.2 Å². The summed E-state index contributed by atoms with van der Waals surface area (Å²) in [6.45, 7) is 1.47. The molecule has 8 nitrogen and oxygen atoms in total. The molecule has 2 heterocycles. The van der Waals surface area contributed by atoms with Crippen LogP contribution in [0.25, 0.3) is 16.8 Å². The molecule has 0 unspecified atom stereocenters. The first-order valence-electron chi connectivity index (χ1n) is 7.55. The Labute approximate surface area is 142 Å². The maximum atomic E-state index is 11.0. The van der Waals surface area contributed by atoms with E-state index in [4.69, 9.17) is 5.26 Å². The number of imidazole rings is 1. The molecule has 1 amide bonds. The van der Waals surface area contributed by atoms with Crippen molar-refractivity contribution < 1.29 is 4.79 Å². The van der Waals surface area contributed by atoms with Crippen molar-refractivity contribution in [3.8, 4) is 6.07 Å². The molecule has 0 spiro atoms. The molecule has 0 aliphatic carbocycles. The van der Waals surface area contributed by atoms with E-state index in [-0.39, 0.29) is 5.91 Å². The summed E-state index contributed by atoms with van der Waals surface area (Å²) in [6, 6.07) is 14.7. The number of hydrogen-bond acceptors (Lipinski definition) is 5. The molecule has 0 bridgehead atoms. The maximum Gasteiger partial charge on any atom is 0.253 e. The first-order chi connectivity index (χ1) is 12.1. The summed E-state index contributed by atoms with van der Waals surface area (Å²) in [7, 11) is 0. The average molecular weight is 331 g/mol. The Morgan fingerprint density at radius 1 is 1.16 bits per heavy atom. The van der Waals surface area contributed by atoms with Gasteiger partial charge in [0.05, 0.1) is 22.7 Å². The third kappa shape index (κ3) is 2.74. The number of amides is 1. The van der Waals surface area contributed by atoms with Gasteiger partial charge in [0.15, 0.2) is 0 Å². The van der Waals surface area contributed by atoms with Crippen molar-refractivity contribution in [2.45, 2.75) is 6.92 Å². The zero-order chi connectivity index (χ0) is 17.4. The standard InChI is InChI=1S/C17H13N7O/c1-10(25)19-12-3-5-13(6-4-12)20-16-22-17-21-14-8-11(9-18)2-7-15(14)24(17)23-16/h2-8H,1H3,(H,19,25)(H2,20,21,22,23). The van der Waals surface area contributed by atoms with E-state index < -0.39 is 0 Å². The molecular formula is C17H13N7O. The van der Waals surface area contributed by atoms with Crippen molar-refractivity contribution in [1.82, 2.24) is 19.6 Å². The number of aromatic nitrogens is 4. The predicted octanol–water partition coefficient (Wildman–Crippen LogP) is 2.78. The summed E-state index contributed by atoms with van der Waals surface area (Å²) < 4.78 is 1.75. The molecular weight excluding hydrogens is 318 g/mol. The van der Waals surface area contributed by atoms with Gasteiger partial charge in [0.2, 0.25) is 11.9 Å². The molecule has 8 heteroatoms. The molecule has 122 valence electrons. The average Bonchev–Trinajstić information content (AvgIpc) is 3.12. The van der Waals surface area contributed by atoms with Gasteiger partial charge in [0.1, 0.15) is 0 Å². The van der Waals surface area contributed by atoms with Crippen molar-refractivity contribution in [2.75, 3.05) is 10.6 Å². The number of hydrogen-bond donors (Lipinski definition) is 3. The van der Waals surface area contributed by atoms with Crippen molar-refractivity contribution in [3.63, 3.8) is 0 Å². The van der Waals surface area contributed by atoms with Crippen molar-refractivity contribution >= 4 is 40.0 Å². The van der Waals surface area contributed by atoms with Gasteiger partial charge in [-0.05, 0) is 42.5 Å². The van der Waals surface area contributed by atoms with Crippen LogP contribution in [0.3, 0.4) is 0 Å². The van der Waals surface area contributed by atoms with Crippen LogP contribution in [-0.2, 0) is 4.79 Å². The lowest BCUT2D eigenvalue weighted by molar-refractivity contribution is -0.114. The van der Waals surface area contributed by atoms with E-state index in [0.717, 1.165) is 16.9 Å². The van der Waals surface area contributed by atoms with E-state index in [0.29, 0.717) is 22.8 Å². The molecule has 3 N–H and O–H groups in total. The number of rotatable bonds is 3. The number of fused-ring (bicyclic) bond motifs is 3. The van der Waals surface area contributed by atoms with Crippen LogP contribution >= 0.6 is 0 Å². The summed E-state index contributed by atoms with van der Waals surface area (Å²) in [5.74, 6) is 0.947. The maximum absolute atomic E-state index is 11.0. The lowest BCUT2D eigenvalue weighted by Gasteiger charge is -2.05. The number of benzene rings is 2. The van der Waals surface area contributed by atoms with Gasteiger partial charge in [-0.1, -0.05) is 0 Å². The highest BCUT2D eigenvalue weighted by molar-refractivity contribution is 5.88. The number of H-pyrrole nitrogens is 1. The zero-order valence-corrected chi connectivity index (χ0v) is 13.2. The number of carbonyl (C=O) groups excluding carboxylic acids is 1. The Bertz CT molecular complexity index is 1130. The van der Waals surface area contributed by atoms with Crippen LogP contribution in [0.15, 0.2) is 42.5 Å². The highest BCUT2D eigenvalue weighted by atomic mass is 16.1. The fourth-order valence-corrected chi connectivity index (χ4v) is 2.59. The molecule has 2 aromatic carbocycles. The molecule has 0 fully saturated rings. The van der Waals surface area contributed by atoms with Crippen LogP contribution in [0.2, 0.25) is 0 Å². The van der Waals surface area contributed by atoms with E-state index in [1.54, 1.807) is 28.8 Å². The molecule has 25 heavy (non-hydrogen) atoms. The summed E-state index contributed by atoms with van der Waals surface area (Å²) in [6.07, 6.45) is 0. The second kappa shape index (κ2) is 5.65. The van der Waals surface area contributed by atoms with Crippen molar-refractivity contribution in [2.24, 2.45) is 0 Å². The summed E-state index contributed by atoms with van der Waals surface area (Å²) in [5.41, 5.74) is 3.67. The Hall–Kier alpha value is -3.86. The molecule has 0 saturated carbocycles. The summed E-state index contributed by atoms with van der Waals surface area (Å²) >= 11 is 0. The van der Waals surface area contributed by atoms with E-state index in [1.165, 1.54) is 6.92 Å². The van der Waals surface area contributed by atoms with Crippen LogP contribution in [0.4, 0.5) is 17.3 Å². The summed E-state index contributed by atoms with van der Waals surface area (Å²) in [4.78, 5) is 19.9. The number of aromatic amines is 1. The van der Waals surface area contributed by atoms with Gasteiger partial charge < -0.3 is 10.6 Å². The van der Waals surface area contributed by atoms with Gasteiger partial charge in [-0.3, -0.25) is 9.89 Å². The van der Waals surface area contributed by atoms with Crippen molar-refractivity contribution in [3.05, 3.63) is 48.0 Å². The third-order valence-corrected chi connectivity index (χ3v) is 3.66. The largest absolute Gasteiger partial charge is 0.326 e. The Morgan fingerprint density at radius 2 is 1.92 bits per heavy atom. The van der Waals surface area contributed by atoms with Crippen LogP contribution in [0.1, 0.15) is 12.5 Å². The zero-order valence-electron chi connectivity index (χ0n) is 13.2. The smallest absolute Gasteiger partial charge is 0.253 e. The number of anilines is 3. The molecule has 0 aliphatic heterocycles. The minimum Gasteiger partial charge on any atom is -0.326 e. The van der Waals surface area contributed by atoms with Gasteiger partial charge in [-0.15, -0.1) is 0 Å². The van der Waals surface area contributed by atoms with Gasteiger partial charge >= 0.3 is 0 Å². The van der Waals surface area contributed by atoms with E-state index >= 15 is 0 Å². The molecule has 0 aliphatic rings. The fourth-order valence-electron chi connectivity index (χ4n) is 2.59. The number of nitrogens with one attached hydrogen (secondary N) is 3. The topological polar surface area (TPSA) is 111 Å². The molecule has 2 aromatic heterocycles. The molecule has 4 aromatic rings. The summed E-state index contributed by atoms with van der Waals surface area (Å²) in [5, 5.41) is 18.0. The SMILES string of the molecule is CC(=O)Nc1ccc(Nc2nc3nc4cc(C#N)ccc4n3[nH]2)cc1. The molecule has 4 rings (SSSR count). The van der Waals surface area contributed by atoms with Crippen LogP contribution < -0.4 is 10.6 Å². The highest BCUT2D eigenvalue weighted by Gasteiger charge is 2.10. The lowest BCUT2D eigenvalue weighted by Crippen LogP contribution is -2.05. The quantitative estimate of drug-likeness (QED) is 0.534. The van der Waals surface area contributed by atoms with Crippen LogP contribution in [0, 0.1) is 11.3 Å². The molecule has 0 saturated heterocycles. The van der Waals surface area contributed by atoms with E-state index in [2.05, 4.69) is 31.8 Å². The number of nitrogens with zero attached hydrogens (tertiary/aromatic N) is 4. The van der Waals surface area contributed by atoms with Gasteiger partial charge in [0.25, 0.3) is 5.78 Å². The molecule has 0 atom stereocenters. The Morgan fingerprint density at radius 3 is 2.64 bits per heavy atom. The second-order valence-electron chi connectivity index (χ2n) is 5.52. The van der Waals surface area contributed by atoms with Gasteiger partial charge in [-0.25, -0.2) is 9.50 Å². The first kappa shape index (κ1) is 14.7. The molecule has 0 radical (unpaired) electrons. The van der Waals surface area contributed by atoms with E-state index in [9.17, 15) is 4.79 Å². The monoisotopic (exact) mass is 331 g/mol. The normalized spacial score (nSPS) is 10.7. The predicted molar refractivity (Wildman–Crippen MR) is 93.6 cm³/mol. The number of carbonyl (C=O) groups is 1. The Balaban J connectivity index is 1.61. The highest BCUT2D eigenvalue weighted by Crippen LogP contribution is 2.20. The lowest BCUT2D eigenvalue weighted by atomic mass is 10.2. The van der Waals surface area contributed by atoms with Gasteiger partial charge in [0, 0.05) is 18.3 Å². The van der Waals surface area contributed by atoms with Gasteiger partial charge in [-0.2, -0.15) is 10.2 Å². The fraction of sp³-hybridized carbons (Fsp3) is 0.0588. The first-order valence-corrected chi connectivity index (χ1v) is 7.55. The number of nitriles is 1. The second-order valence-corrected chi connectivity index (χ2v) is 5.52. The third-order valence-electron chi connectivity index (χ3n) is 3.66. The minimum absolute atomic E-state index is 0.112. The Kier molecular flexibility index (Phi) is 3.32. The minimum atomic E-state index is -0.112. The van der Waals surface area contributed by atoms with Crippen LogP contribution in [0.5, 0.6) is 0 Å².